The molecule has 0 radical (unpaired) electrons. The van der Waals surface area contributed by atoms with Gasteiger partial charge in [0.05, 0.1) is 0 Å². The number of carboxylic acids is 1. The number of phenols is 1. The average molecular weight is 355 g/mol. The van der Waals surface area contributed by atoms with Crippen LogP contribution in [-0.4, -0.2) is 55.4 Å². The molecule has 3 atom stereocenters. The van der Waals surface area contributed by atoms with E-state index in [0.29, 0.717) is 10.6 Å². The molecule has 2 aliphatic heterocycles. The monoisotopic (exact) mass is 354 g/mol. The molecule has 1 aromatic carbocycles. The van der Waals surface area contributed by atoms with Gasteiger partial charge < -0.3 is 15.1 Å². The second-order valence-electron chi connectivity index (χ2n) is 6.02. The number of thioether (sulfide) groups is 1. The van der Waals surface area contributed by atoms with Crippen molar-refractivity contribution in [3.8, 4) is 5.75 Å². The molecule has 0 aliphatic carbocycles. The summed E-state index contributed by atoms with van der Waals surface area (Å²) in [6.45, 7) is 3.62. The Hall–Kier alpha value is -1.73. The lowest BCUT2D eigenvalue weighted by atomic mass is 9.96. The molecular weight excluding hydrogens is 340 g/mol. The molecule has 6 nitrogen and oxygen atoms in total. The van der Waals surface area contributed by atoms with E-state index in [4.69, 9.17) is 11.6 Å². The summed E-state index contributed by atoms with van der Waals surface area (Å²) in [5, 5.41) is 19.3. The highest BCUT2D eigenvalue weighted by molar-refractivity contribution is 8.01. The Balaban J connectivity index is 1.82. The van der Waals surface area contributed by atoms with Gasteiger partial charge in [-0.15, -0.1) is 11.8 Å². The van der Waals surface area contributed by atoms with Crippen LogP contribution in [0.5, 0.6) is 5.75 Å². The third-order valence-corrected chi connectivity index (χ3v) is 5.80. The van der Waals surface area contributed by atoms with Crippen LogP contribution in [0.25, 0.3) is 0 Å². The van der Waals surface area contributed by atoms with Gasteiger partial charge in [0, 0.05) is 21.5 Å². The minimum Gasteiger partial charge on any atom is -0.507 e. The number of rotatable bonds is 3. The molecule has 1 aromatic rings. The van der Waals surface area contributed by atoms with E-state index in [1.807, 2.05) is 13.8 Å². The van der Waals surface area contributed by atoms with Crippen LogP contribution in [0.3, 0.4) is 0 Å². The molecule has 2 fully saturated rings. The van der Waals surface area contributed by atoms with Gasteiger partial charge in [0.2, 0.25) is 0 Å². The minimum absolute atomic E-state index is 0.0181. The highest BCUT2D eigenvalue weighted by Crippen LogP contribution is 2.51. The lowest BCUT2D eigenvalue weighted by molar-refractivity contribution is -0.158. The van der Waals surface area contributed by atoms with Crippen LogP contribution >= 0.6 is 23.4 Å². The zero-order valence-corrected chi connectivity index (χ0v) is 14.0. The predicted molar refractivity (Wildman–Crippen MR) is 88.2 cm³/mol. The van der Waals surface area contributed by atoms with Gasteiger partial charge in [0.1, 0.15) is 17.2 Å². The minimum atomic E-state index is -1.01. The van der Waals surface area contributed by atoms with Crippen LogP contribution in [0, 0.1) is 0 Å². The predicted octanol–water partition coefficient (Wildman–Crippen LogP) is 1.98. The van der Waals surface area contributed by atoms with Crippen molar-refractivity contribution in [2.24, 2.45) is 4.99 Å². The van der Waals surface area contributed by atoms with Crippen LogP contribution in [-0.2, 0) is 9.59 Å². The second kappa shape index (κ2) is 5.42. The van der Waals surface area contributed by atoms with Gasteiger partial charge in [0.15, 0.2) is 6.04 Å². The fraction of sp³-hybridized carbons (Fsp3) is 0.400. The topological polar surface area (TPSA) is 90.2 Å². The number of hydrogen-bond acceptors (Lipinski definition) is 5. The number of β-lactam (4-membered cyclic amide) rings is 1. The van der Waals surface area contributed by atoms with E-state index in [2.05, 4.69) is 4.99 Å². The van der Waals surface area contributed by atoms with E-state index in [1.54, 1.807) is 12.1 Å². The first kappa shape index (κ1) is 16.1. The number of carboxylic acid groups (broad SMARTS) is 1. The van der Waals surface area contributed by atoms with Crippen molar-refractivity contribution >= 4 is 41.5 Å². The van der Waals surface area contributed by atoms with Crippen molar-refractivity contribution in [3.63, 3.8) is 0 Å². The Morgan fingerprint density at radius 2 is 2.17 bits per heavy atom. The van der Waals surface area contributed by atoms with Crippen LogP contribution in [0.2, 0.25) is 5.02 Å². The third-order valence-electron chi connectivity index (χ3n) is 4.01. The van der Waals surface area contributed by atoms with Gasteiger partial charge in [-0.05, 0) is 32.0 Å². The van der Waals surface area contributed by atoms with Gasteiger partial charge in [-0.3, -0.25) is 9.79 Å². The van der Waals surface area contributed by atoms with E-state index in [1.165, 1.54) is 28.9 Å². The number of phenolic OH excluding ortho intramolecular Hbond substituents is 1. The summed E-state index contributed by atoms with van der Waals surface area (Å²) >= 11 is 7.30. The van der Waals surface area contributed by atoms with Crippen molar-refractivity contribution in [1.29, 1.82) is 0 Å². The number of nitrogens with zero attached hydrogens (tertiary/aromatic N) is 2. The quantitative estimate of drug-likeness (QED) is 0.640. The summed E-state index contributed by atoms with van der Waals surface area (Å²) in [5.41, 5.74) is 0.417. The van der Waals surface area contributed by atoms with Crippen LogP contribution in [0.1, 0.15) is 19.4 Å². The molecule has 2 saturated heterocycles. The molecule has 2 heterocycles. The highest BCUT2D eigenvalue weighted by Gasteiger charge is 2.63. The summed E-state index contributed by atoms with van der Waals surface area (Å²) in [6.07, 6.45) is 1.41. The van der Waals surface area contributed by atoms with E-state index >= 15 is 0 Å². The van der Waals surface area contributed by atoms with Crippen molar-refractivity contribution in [2.45, 2.75) is 36.1 Å². The molecular formula is C15H15ClN2O4S. The fourth-order valence-electron chi connectivity index (χ4n) is 2.92. The van der Waals surface area contributed by atoms with Gasteiger partial charge in [-0.2, -0.15) is 0 Å². The Kier molecular flexibility index (Phi) is 3.80. The average Bonchev–Trinajstić information content (AvgIpc) is 2.71. The molecule has 0 spiro atoms. The molecule has 2 N–H and O–H groups in total. The molecule has 0 saturated carbocycles. The maximum atomic E-state index is 12.3. The Labute approximate surface area is 142 Å². The Bertz CT molecular complexity index is 721. The molecule has 2 aliphatic rings. The van der Waals surface area contributed by atoms with Gasteiger partial charge in [0.25, 0.3) is 5.91 Å². The normalized spacial score (nSPS) is 28.7. The molecule has 0 aromatic heterocycles. The second-order valence-corrected chi connectivity index (χ2v) is 8.23. The molecule has 0 bridgehead atoms. The van der Waals surface area contributed by atoms with Crippen molar-refractivity contribution in [3.05, 3.63) is 28.8 Å². The van der Waals surface area contributed by atoms with E-state index in [0.717, 1.165) is 0 Å². The van der Waals surface area contributed by atoms with Gasteiger partial charge in [-0.25, -0.2) is 4.79 Å². The number of benzene rings is 1. The van der Waals surface area contributed by atoms with E-state index in [-0.39, 0.29) is 17.0 Å². The SMILES string of the molecule is CC1(C)SC2C(N=Cc3cc(Cl)ccc3O)C(=O)N2C1C(=O)O. The number of aliphatic carboxylic acids is 1. The standard InChI is InChI=1S/C15H15ClN2O4S/c1-15(2)11(14(21)22)18-12(20)10(13(18)23-15)17-6-7-5-8(16)3-4-9(7)19/h3-6,10-11,13,19H,1-2H3,(H,21,22). The lowest BCUT2D eigenvalue weighted by Gasteiger charge is -2.41. The molecule has 122 valence electrons. The number of fused-ring (bicyclic) bond motifs is 1. The van der Waals surface area contributed by atoms with Gasteiger partial charge in [-0.1, -0.05) is 11.6 Å². The Morgan fingerprint density at radius 3 is 2.83 bits per heavy atom. The van der Waals surface area contributed by atoms with E-state index in [9.17, 15) is 19.8 Å². The number of carbonyl (C=O) groups is 2. The van der Waals surface area contributed by atoms with Crippen molar-refractivity contribution < 1.29 is 19.8 Å². The maximum absolute atomic E-state index is 12.3. The van der Waals surface area contributed by atoms with Crippen molar-refractivity contribution in [2.75, 3.05) is 0 Å². The summed E-state index contributed by atoms with van der Waals surface area (Å²) < 4.78 is -0.575. The lowest BCUT2D eigenvalue weighted by Crippen LogP contribution is -2.64. The number of halogens is 1. The smallest absolute Gasteiger partial charge is 0.327 e. The zero-order chi connectivity index (χ0) is 16.9. The van der Waals surface area contributed by atoms with Crippen molar-refractivity contribution in [1.82, 2.24) is 4.90 Å². The number of hydrogen-bond donors (Lipinski definition) is 2. The molecule has 23 heavy (non-hydrogen) atoms. The van der Waals surface area contributed by atoms with Gasteiger partial charge >= 0.3 is 5.97 Å². The maximum Gasteiger partial charge on any atom is 0.327 e. The highest BCUT2D eigenvalue weighted by atomic mass is 35.5. The first-order valence-corrected chi connectivity index (χ1v) is 8.22. The number of amides is 1. The summed E-state index contributed by atoms with van der Waals surface area (Å²) in [7, 11) is 0. The summed E-state index contributed by atoms with van der Waals surface area (Å²) in [6, 6.07) is 3.06. The van der Waals surface area contributed by atoms with Crippen LogP contribution < -0.4 is 0 Å². The number of carbonyl (C=O) groups excluding carboxylic acids is 1. The van der Waals surface area contributed by atoms with Crippen LogP contribution in [0.4, 0.5) is 0 Å². The molecule has 3 unspecified atom stereocenters. The summed E-state index contributed by atoms with van der Waals surface area (Å²) in [5.74, 6) is -1.30. The fourth-order valence-corrected chi connectivity index (χ4v) is 4.72. The molecule has 8 heteroatoms. The third kappa shape index (κ3) is 2.57. The largest absolute Gasteiger partial charge is 0.507 e. The number of aromatic hydroxyl groups is 1. The first-order valence-electron chi connectivity index (χ1n) is 6.97. The van der Waals surface area contributed by atoms with E-state index < -0.39 is 22.8 Å². The molecule has 1 amide bonds. The molecule has 3 rings (SSSR count). The summed E-state index contributed by atoms with van der Waals surface area (Å²) in [4.78, 5) is 29.3. The number of aliphatic imine (C=N–C) groups is 1. The first-order chi connectivity index (χ1) is 10.7. The zero-order valence-electron chi connectivity index (χ0n) is 12.4. The van der Waals surface area contributed by atoms with Crippen LogP contribution in [0.15, 0.2) is 23.2 Å². The Morgan fingerprint density at radius 1 is 1.48 bits per heavy atom.